The first-order valence-corrected chi connectivity index (χ1v) is 9.19. The molecule has 8 nitrogen and oxygen atoms in total. The van der Waals surface area contributed by atoms with Crippen LogP contribution in [0.25, 0.3) is 0 Å². The molecule has 1 heterocycles. The molecule has 1 aromatic heterocycles. The van der Waals surface area contributed by atoms with E-state index in [9.17, 15) is 13.2 Å². The van der Waals surface area contributed by atoms with E-state index >= 15 is 0 Å². The summed E-state index contributed by atoms with van der Waals surface area (Å²) < 4.78 is 35.6. The molecule has 0 unspecified atom stereocenters. The zero-order chi connectivity index (χ0) is 19.9. The van der Waals surface area contributed by atoms with E-state index in [1.54, 1.807) is 45.0 Å². The van der Waals surface area contributed by atoms with Gasteiger partial charge in [-0.15, -0.1) is 0 Å². The van der Waals surface area contributed by atoms with Gasteiger partial charge in [-0.25, -0.2) is 15.6 Å². The minimum atomic E-state index is -4.08. The first kappa shape index (κ1) is 21.6. The fourth-order valence-electron chi connectivity index (χ4n) is 2.47. The van der Waals surface area contributed by atoms with Crippen LogP contribution >= 0.6 is 0 Å². The lowest BCUT2D eigenvalue weighted by Gasteiger charge is -2.07. The highest BCUT2D eigenvalue weighted by Gasteiger charge is 2.16. The number of nitrogens with one attached hydrogen (secondary N) is 1. The molecule has 0 bridgehead atoms. The Balaban J connectivity index is 0.000000260. The summed E-state index contributed by atoms with van der Waals surface area (Å²) in [6.07, 6.45) is 1.54. The van der Waals surface area contributed by atoms with Crippen molar-refractivity contribution in [3.63, 3.8) is 0 Å². The van der Waals surface area contributed by atoms with Gasteiger partial charge >= 0.3 is 5.97 Å². The van der Waals surface area contributed by atoms with Crippen molar-refractivity contribution in [2.24, 2.45) is 5.84 Å². The molecule has 4 N–H and O–H groups in total. The second-order valence-electron chi connectivity index (χ2n) is 5.47. The van der Waals surface area contributed by atoms with E-state index in [-0.39, 0.29) is 4.90 Å². The van der Waals surface area contributed by atoms with Gasteiger partial charge in [0.15, 0.2) is 5.82 Å². The molecule has 142 valence electrons. The van der Waals surface area contributed by atoms with Crippen LogP contribution in [0.3, 0.4) is 0 Å². The molecule has 0 atom stereocenters. The van der Waals surface area contributed by atoms with Crippen LogP contribution in [-0.2, 0) is 14.9 Å². The third-order valence-corrected chi connectivity index (χ3v) is 4.46. The number of anilines is 1. The molecule has 9 heteroatoms. The topological polar surface area (TPSA) is 132 Å². The quantitative estimate of drug-likeness (QED) is 0.318. The number of hydrogen-bond donors (Lipinski definition) is 3. The van der Waals surface area contributed by atoms with Crippen LogP contribution < -0.4 is 11.3 Å². The fraction of sp³-hybridized carbons (Fsp3) is 0.294. The highest BCUT2D eigenvalue weighted by molar-refractivity contribution is 7.86. The highest BCUT2D eigenvalue weighted by atomic mass is 32.2. The van der Waals surface area contributed by atoms with Crippen LogP contribution in [0.4, 0.5) is 5.82 Å². The van der Waals surface area contributed by atoms with Gasteiger partial charge < -0.3 is 10.2 Å². The minimum Gasteiger partial charge on any atom is -0.462 e. The van der Waals surface area contributed by atoms with Gasteiger partial charge in [-0.3, -0.25) is 4.55 Å². The molecule has 0 spiro atoms. The van der Waals surface area contributed by atoms with Crippen molar-refractivity contribution in [3.8, 4) is 0 Å². The van der Waals surface area contributed by atoms with Crippen molar-refractivity contribution in [2.45, 2.75) is 32.6 Å². The number of nitrogens with two attached hydrogens (primary N) is 1. The average molecular weight is 381 g/mol. The molecule has 0 saturated carbocycles. The van der Waals surface area contributed by atoms with E-state index in [2.05, 4.69) is 10.4 Å². The van der Waals surface area contributed by atoms with Gasteiger partial charge in [-0.2, -0.15) is 8.42 Å². The zero-order valence-corrected chi connectivity index (χ0v) is 15.9. The van der Waals surface area contributed by atoms with E-state index in [4.69, 9.17) is 15.1 Å². The standard InChI is InChI=1S/C9H12O3S.C8H11N3O2/c1-6-4-7(2)9(8(3)5-6)13(10,11)12;1-2-13-8(12)6-4-3-5-10-7(6)11-9/h4-5H,1-3H3,(H,10,11,12);3-5H,2,9H2,1H3,(H,10,11). The highest BCUT2D eigenvalue weighted by Crippen LogP contribution is 2.20. The van der Waals surface area contributed by atoms with Gasteiger partial charge in [0.25, 0.3) is 10.1 Å². The predicted octanol–water partition coefficient (Wildman–Crippen LogP) is 2.40. The Morgan fingerprint density at radius 3 is 2.31 bits per heavy atom. The maximum atomic E-state index is 11.3. The Morgan fingerprint density at radius 2 is 1.85 bits per heavy atom. The van der Waals surface area contributed by atoms with Crippen molar-refractivity contribution in [2.75, 3.05) is 12.0 Å². The van der Waals surface area contributed by atoms with Crippen LogP contribution in [0, 0.1) is 20.8 Å². The van der Waals surface area contributed by atoms with Crippen molar-refractivity contribution >= 4 is 21.9 Å². The summed E-state index contributed by atoms with van der Waals surface area (Å²) >= 11 is 0. The number of nitrogens with zero attached hydrogens (tertiary/aromatic N) is 1. The van der Waals surface area contributed by atoms with Gasteiger partial charge in [0.2, 0.25) is 0 Å². The third-order valence-electron chi connectivity index (χ3n) is 3.30. The van der Waals surface area contributed by atoms with Gasteiger partial charge in [0.1, 0.15) is 5.56 Å². The Morgan fingerprint density at radius 1 is 1.27 bits per heavy atom. The number of carbonyl (C=O) groups is 1. The Kier molecular flexibility index (Phi) is 7.69. The number of rotatable bonds is 4. The molecule has 2 aromatic rings. The van der Waals surface area contributed by atoms with Crippen molar-refractivity contribution in [3.05, 3.63) is 52.7 Å². The smallest absolute Gasteiger partial charge is 0.341 e. The molecule has 26 heavy (non-hydrogen) atoms. The molecule has 0 aliphatic carbocycles. The summed E-state index contributed by atoms with van der Waals surface area (Å²) in [7, 11) is -4.08. The molecule has 0 amide bonds. The number of hydrazine groups is 1. The van der Waals surface area contributed by atoms with Crippen LogP contribution in [0.1, 0.15) is 34.0 Å². The lowest BCUT2D eigenvalue weighted by molar-refractivity contribution is 0.0527. The monoisotopic (exact) mass is 381 g/mol. The summed E-state index contributed by atoms with van der Waals surface area (Å²) in [6.45, 7) is 7.29. The van der Waals surface area contributed by atoms with Crippen LogP contribution in [-0.4, -0.2) is 30.5 Å². The largest absolute Gasteiger partial charge is 0.462 e. The number of esters is 1. The van der Waals surface area contributed by atoms with Crippen LogP contribution in [0.2, 0.25) is 0 Å². The second-order valence-corrected chi connectivity index (χ2v) is 6.83. The first-order chi connectivity index (χ1) is 12.1. The molecule has 2 rings (SSSR count). The number of aromatic nitrogens is 1. The van der Waals surface area contributed by atoms with E-state index in [1.807, 2.05) is 6.92 Å². The molecule has 0 saturated heterocycles. The molecule has 0 fully saturated rings. The SMILES string of the molecule is CCOC(=O)c1cccnc1NN.Cc1cc(C)c(S(=O)(=O)O)c(C)c1. The second kappa shape index (κ2) is 9.27. The third kappa shape index (κ3) is 5.80. The molecule has 0 radical (unpaired) electrons. The van der Waals surface area contributed by atoms with Crippen molar-refractivity contribution in [1.29, 1.82) is 0 Å². The van der Waals surface area contributed by atoms with E-state index in [0.717, 1.165) is 5.56 Å². The predicted molar refractivity (Wildman–Crippen MR) is 98.5 cm³/mol. The van der Waals surface area contributed by atoms with Crippen molar-refractivity contribution < 1.29 is 22.5 Å². The Hall–Kier alpha value is -2.49. The van der Waals surface area contributed by atoms with E-state index in [1.165, 1.54) is 6.20 Å². The number of hydrogen-bond acceptors (Lipinski definition) is 7. The minimum absolute atomic E-state index is 0.0260. The maximum absolute atomic E-state index is 11.3. The summed E-state index contributed by atoms with van der Waals surface area (Å²) in [5, 5.41) is 0. The van der Waals surface area contributed by atoms with Crippen molar-refractivity contribution in [1.82, 2.24) is 4.98 Å². The molecular formula is C17H23N3O5S. The Labute approximate surface area is 153 Å². The molecular weight excluding hydrogens is 358 g/mol. The van der Waals surface area contributed by atoms with E-state index in [0.29, 0.717) is 29.1 Å². The fourth-order valence-corrected chi connectivity index (χ4v) is 3.40. The number of nitrogen functional groups attached to an aromatic ring is 1. The lowest BCUT2D eigenvalue weighted by Crippen LogP contribution is -2.15. The first-order valence-electron chi connectivity index (χ1n) is 7.75. The molecule has 0 aliphatic heterocycles. The number of pyridine rings is 1. The van der Waals surface area contributed by atoms with Gasteiger partial charge in [0.05, 0.1) is 11.5 Å². The molecule has 0 aliphatic rings. The summed E-state index contributed by atoms with van der Waals surface area (Å²) in [4.78, 5) is 15.2. The molecule has 1 aromatic carbocycles. The number of carbonyl (C=O) groups excluding carboxylic acids is 1. The summed E-state index contributed by atoms with van der Waals surface area (Å²) in [5.74, 6) is 5.06. The van der Waals surface area contributed by atoms with Gasteiger partial charge in [-0.1, -0.05) is 17.7 Å². The Bertz CT molecular complexity index is 859. The van der Waals surface area contributed by atoms with Gasteiger partial charge in [-0.05, 0) is 51.0 Å². The lowest BCUT2D eigenvalue weighted by atomic mass is 10.1. The summed E-state index contributed by atoms with van der Waals surface area (Å²) in [5.41, 5.74) is 4.82. The number of ether oxygens (including phenoxy) is 1. The van der Waals surface area contributed by atoms with Crippen LogP contribution in [0.5, 0.6) is 0 Å². The zero-order valence-electron chi connectivity index (χ0n) is 15.1. The summed E-state index contributed by atoms with van der Waals surface area (Å²) in [6, 6.07) is 6.71. The van der Waals surface area contributed by atoms with Gasteiger partial charge in [0, 0.05) is 6.20 Å². The normalized spacial score (nSPS) is 10.5. The maximum Gasteiger partial charge on any atom is 0.341 e. The average Bonchev–Trinajstić information content (AvgIpc) is 2.53. The number of aryl methyl sites for hydroxylation is 3. The van der Waals surface area contributed by atoms with Crippen LogP contribution in [0.15, 0.2) is 35.4 Å². The number of benzene rings is 1. The van der Waals surface area contributed by atoms with E-state index < -0.39 is 16.1 Å².